The van der Waals surface area contributed by atoms with Crippen LogP contribution in [-0.2, 0) is 7.05 Å². The number of hydrazine groups is 1. The van der Waals surface area contributed by atoms with Gasteiger partial charge in [0, 0.05) is 28.3 Å². The Morgan fingerprint density at radius 1 is 1.47 bits per heavy atom. The lowest BCUT2D eigenvalue weighted by atomic mass is 9.99. The van der Waals surface area contributed by atoms with Crippen LogP contribution in [-0.4, -0.2) is 9.78 Å². The van der Waals surface area contributed by atoms with Crippen LogP contribution in [0, 0.1) is 12.7 Å². The zero-order valence-electron chi connectivity index (χ0n) is 10.4. The van der Waals surface area contributed by atoms with E-state index in [1.165, 1.54) is 0 Å². The van der Waals surface area contributed by atoms with Gasteiger partial charge >= 0.3 is 0 Å². The summed E-state index contributed by atoms with van der Waals surface area (Å²) in [7, 11) is 1.82. The monoisotopic (exact) mass is 346 g/mol. The summed E-state index contributed by atoms with van der Waals surface area (Å²) in [5.74, 6) is 5.07. The molecule has 0 saturated carbocycles. The number of rotatable bonds is 3. The Bertz CT molecular complexity index is 614. The third-order valence-electron chi connectivity index (χ3n) is 3.13. The molecule has 19 heavy (non-hydrogen) atoms. The highest BCUT2D eigenvalue weighted by atomic mass is 79.9. The quantitative estimate of drug-likeness (QED) is 0.510. The largest absolute Gasteiger partial charge is 0.273 e. The van der Waals surface area contributed by atoms with Crippen molar-refractivity contribution in [3.05, 3.63) is 50.5 Å². The fourth-order valence-corrected chi connectivity index (χ4v) is 2.39. The van der Waals surface area contributed by atoms with Crippen molar-refractivity contribution in [2.24, 2.45) is 12.9 Å². The molecule has 0 amide bonds. The van der Waals surface area contributed by atoms with E-state index in [9.17, 15) is 4.39 Å². The Hall–Kier alpha value is -0.950. The van der Waals surface area contributed by atoms with Gasteiger partial charge in [0.15, 0.2) is 0 Å². The minimum absolute atomic E-state index is 0.0410. The standard InChI is InChI=1S/C12H13BrClFN4/c1-6-8(5-17-19(6)2)12(18-16)7-3-4-9(13)10(14)11(7)15/h3-5,12,18H,16H2,1-2H3. The summed E-state index contributed by atoms with van der Waals surface area (Å²) in [4.78, 5) is 0. The number of halogens is 3. The molecule has 7 heteroatoms. The molecule has 2 aromatic rings. The van der Waals surface area contributed by atoms with E-state index in [0.29, 0.717) is 10.0 Å². The summed E-state index contributed by atoms with van der Waals surface area (Å²) in [6.07, 6.45) is 1.66. The first kappa shape index (κ1) is 14.5. The predicted octanol–water partition coefficient (Wildman–Crippen LogP) is 2.84. The third-order valence-corrected chi connectivity index (χ3v) is 4.39. The molecule has 2 rings (SSSR count). The van der Waals surface area contributed by atoms with Gasteiger partial charge in [0.05, 0.1) is 17.3 Å². The molecule has 0 spiro atoms. The maximum absolute atomic E-state index is 14.2. The number of aromatic nitrogens is 2. The van der Waals surface area contributed by atoms with E-state index in [4.69, 9.17) is 17.4 Å². The SMILES string of the molecule is Cc1c(C(NN)c2ccc(Br)c(Cl)c2F)cnn1C. The second-order valence-electron chi connectivity index (χ2n) is 4.17. The highest BCUT2D eigenvalue weighted by Crippen LogP contribution is 2.33. The lowest BCUT2D eigenvalue weighted by Gasteiger charge is -2.18. The average Bonchev–Trinajstić information content (AvgIpc) is 2.72. The van der Waals surface area contributed by atoms with Gasteiger partial charge in [-0.05, 0) is 28.9 Å². The summed E-state index contributed by atoms with van der Waals surface area (Å²) < 4.78 is 16.5. The van der Waals surface area contributed by atoms with Crippen LogP contribution in [0.2, 0.25) is 5.02 Å². The molecule has 1 aromatic carbocycles. The molecule has 1 unspecified atom stereocenters. The fraction of sp³-hybridized carbons (Fsp3) is 0.250. The highest BCUT2D eigenvalue weighted by molar-refractivity contribution is 9.10. The number of nitrogens with zero attached hydrogens (tertiary/aromatic N) is 2. The number of hydrogen-bond donors (Lipinski definition) is 2. The van der Waals surface area contributed by atoms with E-state index in [-0.39, 0.29) is 5.02 Å². The van der Waals surface area contributed by atoms with Crippen LogP contribution in [0.25, 0.3) is 0 Å². The Kier molecular flexibility index (Phi) is 4.25. The van der Waals surface area contributed by atoms with Gasteiger partial charge < -0.3 is 0 Å². The summed E-state index contributed by atoms with van der Waals surface area (Å²) in [5, 5.41) is 4.18. The summed E-state index contributed by atoms with van der Waals surface area (Å²) in [6.45, 7) is 1.89. The number of nitrogens with two attached hydrogens (primary N) is 1. The van der Waals surface area contributed by atoms with Crippen molar-refractivity contribution in [2.45, 2.75) is 13.0 Å². The van der Waals surface area contributed by atoms with Crippen LogP contribution in [0.1, 0.15) is 22.9 Å². The normalized spacial score (nSPS) is 12.7. The molecule has 102 valence electrons. The lowest BCUT2D eigenvalue weighted by Crippen LogP contribution is -2.30. The number of hydrogen-bond acceptors (Lipinski definition) is 3. The van der Waals surface area contributed by atoms with Gasteiger partial charge in [-0.3, -0.25) is 10.5 Å². The third kappa shape index (κ3) is 2.53. The minimum atomic E-state index is -0.501. The second-order valence-corrected chi connectivity index (χ2v) is 5.41. The van der Waals surface area contributed by atoms with E-state index in [1.54, 1.807) is 23.0 Å². The zero-order chi connectivity index (χ0) is 14.2. The van der Waals surface area contributed by atoms with Crippen molar-refractivity contribution >= 4 is 27.5 Å². The molecule has 0 aliphatic rings. The smallest absolute Gasteiger partial charge is 0.148 e. The van der Waals surface area contributed by atoms with Crippen molar-refractivity contribution in [2.75, 3.05) is 0 Å². The van der Waals surface area contributed by atoms with Crippen molar-refractivity contribution in [1.29, 1.82) is 0 Å². The summed E-state index contributed by atoms with van der Waals surface area (Å²) in [5.41, 5.74) is 4.70. The second kappa shape index (κ2) is 5.58. The summed E-state index contributed by atoms with van der Waals surface area (Å²) in [6, 6.07) is 2.83. The highest BCUT2D eigenvalue weighted by Gasteiger charge is 2.22. The molecule has 0 fully saturated rings. The molecule has 4 nitrogen and oxygen atoms in total. The van der Waals surface area contributed by atoms with E-state index in [1.807, 2.05) is 14.0 Å². The first-order valence-corrected chi connectivity index (χ1v) is 6.72. The first-order valence-electron chi connectivity index (χ1n) is 5.55. The molecule has 1 atom stereocenters. The Morgan fingerprint density at radius 2 is 2.16 bits per heavy atom. The van der Waals surface area contributed by atoms with Gasteiger partial charge in [-0.25, -0.2) is 9.82 Å². The van der Waals surface area contributed by atoms with Gasteiger partial charge in [0.2, 0.25) is 0 Å². The molecule has 0 aliphatic carbocycles. The van der Waals surface area contributed by atoms with E-state index in [0.717, 1.165) is 11.3 Å². The van der Waals surface area contributed by atoms with E-state index in [2.05, 4.69) is 26.5 Å². The maximum Gasteiger partial charge on any atom is 0.148 e. The number of aryl methyl sites for hydroxylation is 1. The van der Waals surface area contributed by atoms with Gasteiger partial charge in [0.1, 0.15) is 5.82 Å². The molecular weight excluding hydrogens is 335 g/mol. The van der Waals surface area contributed by atoms with Crippen LogP contribution in [0.5, 0.6) is 0 Å². The zero-order valence-corrected chi connectivity index (χ0v) is 12.8. The minimum Gasteiger partial charge on any atom is -0.273 e. The van der Waals surface area contributed by atoms with Crippen molar-refractivity contribution < 1.29 is 4.39 Å². The maximum atomic E-state index is 14.2. The van der Waals surface area contributed by atoms with Crippen LogP contribution in [0.4, 0.5) is 4.39 Å². The topological polar surface area (TPSA) is 55.9 Å². The molecule has 1 aromatic heterocycles. The van der Waals surface area contributed by atoms with Crippen molar-refractivity contribution in [1.82, 2.24) is 15.2 Å². The van der Waals surface area contributed by atoms with Crippen molar-refractivity contribution in [3.63, 3.8) is 0 Å². The molecule has 0 radical (unpaired) electrons. The molecule has 0 saturated heterocycles. The Labute approximate surface area is 123 Å². The van der Waals surface area contributed by atoms with Gasteiger partial charge in [-0.2, -0.15) is 5.10 Å². The Balaban J connectivity index is 2.55. The molecule has 1 heterocycles. The van der Waals surface area contributed by atoms with Gasteiger partial charge in [0.25, 0.3) is 0 Å². The molecule has 0 bridgehead atoms. The number of benzene rings is 1. The predicted molar refractivity (Wildman–Crippen MR) is 76.2 cm³/mol. The number of nitrogens with one attached hydrogen (secondary N) is 1. The van der Waals surface area contributed by atoms with Crippen LogP contribution < -0.4 is 11.3 Å². The van der Waals surface area contributed by atoms with Crippen LogP contribution >= 0.6 is 27.5 Å². The summed E-state index contributed by atoms with van der Waals surface area (Å²) >= 11 is 9.09. The first-order chi connectivity index (χ1) is 8.97. The van der Waals surface area contributed by atoms with E-state index < -0.39 is 11.9 Å². The van der Waals surface area contributed by atoms with Crippen LogP contribution in [0.3, 0.4) is 0 Å². The molecular formula is C12H13BrClFN4. The fourth-order valence-electron chi connectivity index (χ4n) is 1.91. The van der Waals surface area contributed by atoms with Crippen LogP contribution in [0.15, 0.2) is 22.8 Å². The molecule has 0 aliphatic heterocycles. The lowest BCUT2D eigenvalue weighted by molar-refractivity contribution is 0.558. The molecule has 3 N–H and O–H groups in total. The average molecular weight is 348 g/mol. The van der Waals surface area contributed by atoms with Crippen molar-refractivity contribution in [3.8, 4) is 0 Å². The van der Waals surface area contributed by atoms with E-state index >= 15 is 0 Å². The van der Waals surface area contributed by atoms with Gasteiger partial charge in [-0.15, -0.1) is 0 Å². The van der Waals surface area contributed by atoms with Gasteiger partial charge in [-0.1, -0.05) is 17.7 Å². The Morgan fingerprint density at radius 3 is 2.68 bits per heavy atom.